The van der Waals surface area contributed by atoms with E-state index in [-0.39, 0.29) is 6.04 Å². The van der Waals surface area contributed by atoms with Crippen LogP contribution in [0.2, 0.25) is 0 Å². The Kier molecular flexibility index (Phi) is 3.10. The van der Waals surface area contributed by atoms with Gasteiger partial charge in [-0.2, -0.15) is 0 Å². The first kappa shape index (κ1) is 8.46. The van der Waals surface area contributed by atoms with Gasteiger partial charge in [0.1, 0.15) is 5.78 Å². The number of piperidine rings is 1. The quantitative estimate of drug-likeness (QED) is 0.524. The molecule has 1 atom stereocenters. The SMILES string of the molecule is CC(=O)C1CCCCN1I. The molecule has 3 heteroatoms. The second kappa shape index (κ2) is 3.67. The van der Waals surface area contributed by atoms with Crippen LogP contribution in [0.25, 0.3) is 0 Å². The topological polar surface area (TPSA) is 20.3 Å². The van der Waals surface area contributed by atoms with Gasteiger partial charge in [0, 0.05) is 29.4 Å². The lowest BCUT2D eigenvalue weighted by Crippen LogP contribution is -2.36. The van der Waals surface area contributed by atoms with Gasteiger partial charge in [-0.1, -0.05) is 6.42 Å². The van der Waals surface area contributed by atoms with Crippen LogP contribution in [0, 0.1) is 0 Å². The summed E-state index contributed by atoms with van der Waals surface area (Å²) >= 11 is 2.25. The summed E-state index contributed by atoms with van der Waals surface area (Å²) in [6, 6.07) is 0.203. The second-order valence-electron chi connectivity index (χ2n) is 2.75. The Labute approximate surface area is 75.5 Å². The van der Waals surface area contributed by atoms with Gasteiger partial charge in [0.05, 0.1) is 6.04 Å². The first-order chi connectivity index (χ1) is 4.72. The van der Waals surface area contributed by atoms with Crippen molar-refractivity contribution in [2.45, 2.75) is 32.2 Å². The molecule has 1 aliphatic rings. The number of nitrogens with zero attached hydrogens (tertiary/aromatic N) is 1. The zero-order chi connectivity index (χ0) is 7.56. The summed E-state index contributed by atoms with van der Waals surface area (Å²) in [5.41, 5.74) is 0. The molecule has 58 valence electrons. The third kappa shape index (κ3) is 1.92. The zero-order valence-corrected chi connectivity index (χ0v) is 8.30. The molecule has 2 nitrogen and oxygen atoms in total. The average Bonchev–Trinajstić information content (AvgIpc) is 1.88. The van der Waals surface area contributed by atoms with E-state index in [0.29, 0.717) is 5.78 Å². The van der Waals surface area contributed by atoms with Crippen LogP contribution in [0.1, 0.15) is 26.2 Å². The molecule has 10 heavy (non-hydrogen) atoms. The summed E-state index contributed by atoms with van der Waals surface area (Å²) < 4.78 is 2.13. The molecule has 1 rings (SSSR count). The van der Waals surface area contributed by atoms with E-state index in [1.165, 1.54) is 12.8 Å². The highest BCUT2D eigenvalue weighted by Gasteiger charge is 2.23. The van der Waals surface area contributed by atoms with Gasteiger partial charge in [0.15, 0.2) is 0 Å². The van der Waals surface area contributed by atoms with E-state index in [1.807, 2.05) is 0 Å². The number of carbonyl (C=O) groups is 1. The van der Waals surface area contributed by atoms with Crippen molar-refractivity contribution < 1.29 is 4.79 Å². The second-order valence-corrected chi connectivity index (χ2v) is 3.98. The molecule has 0 aromatic heterocycles. The lowest BCUT2D eigenvalue weighted by Gasteiger charge is -2.28. The highest BCUT2D eigenvalue weighted by atomic mass is 127. The number of hydrogen-bond donors (Lipinski definition) is 0. The summed E-state index contributed by atoms with van der Waals surface area (Å²) in [6.45, 7) is 2.76. The highest BCUT2D eigenvalue weighted by Crippen LogP contribution is 2.20. The summed E-state index contributed by atoms with van der Waals surface area (Å²) in [4.78, 5) is 11.0. The van der Waals surface area contributed by atoms with Gasteiger partial charge in [-0.05, 0) is 19.8 Å². The van der Waals surface area contributed by atoms with E-state index in [0.717, 1.165) is 13.0 Å². The van der Waals surface area contributed by atoms with E-state index in [9.17, 15) is 4.79 Å². The van der Waals surface area contributed by atoms with Crippen LogP contribution in [-0.4, -0.2) is 21.5 Å². The van der Waals surface area contributed by atoms with Gasteiger partial charge in [-0.15, -0.1) is 0 Å². The van der Waals surface area contributed by atoms with Crippen molar-refractivity contribution in [2.75, 3.05) is 6.54 Å². The number of Topliss-reactive ketones (excluding diaryl/α,β-unsaturated/α-hetero) is 1. The number of halogens is 1. The number of rotatable bonds is 1. The van der Waals surface area contributed by atoms with Crippen molar-refractivity contribution in [1.29, 1.82) is 0 Å². The summed E-state index contributed by atoms with van der Waals surface area (Å²) in [6.07, 6.45) is 3.51. The van der Waals surface area contributed by atoms with E-state index in [1.54, 1.807) is 6.92 Å². The van der Waals surface area contributed by atoms with E-state index < -0.39 is 0 Å². The van der Waals surface area contributed by atoms with E-state index in [2.05, 4.69) is 26.0 Å². The molecular formula is C7H12INO. The van der Waals surface area contributed by atoms with Gasteiger partial charge >= 0.3 is 0 Å². The summed E-state index contributed by atoms with van der Waals surface area (Å²) in [5.74, 6) is 0.314. The van der Waals surface area contributed by atoms with Gasteiger partial charge in [-0.3, -0.25) is 4.79 Å². The molecule has 0 aromatic carbocycles. The third-order valence-electron chi connectivity index (χ3n) is 1.91. The van der Waals surface area contributed by atoms with Crippen molar-refractivity contribution in [2.24, 2.45) is 0 Å². The Hall–Kier alpha value is 0.360. The Bertz CT molecular complexity index is 138. The maximum absolute atomic E-state index is 11.0. The lowest BCUT2D eigenvalue weighted by atomic mass is 10.0. The van der Waals surface area contributed by atoms with Crippen LogP contribution in [0.4, 0.5) is 0 Å². The van der Waals surface area contributed by atoms with Crippen molar-refractivity contribution in [3.8, 4) is 0 Å². The predicted molar refractivity (Wildman–Crippen MR) is 49.0 cm³/mol. The van der Waals surface area contributed by atoms with Crippen LogP contribution in [0.15, 0.2) is 0 Å². The lowest BCUT2D eigenvalue weighted by molar-refractivity contribution is -0.120. The standard InChI is InChI=1S/C7H12INO/c1-6(10)7-4-2-3-5-9(7)8/h7H,2-5H2,1H3. The molecular weight excluding hydrogens is 241 g/mol. The molecule has 1 aliphatic heterocycles. The zero-order valence-electron chi connectivity index (χ0n) is 6.14. The van der Waals surface area contributed by atoms with Crippen LogP contribution in [-0.2, 0) is 4.79 Å². The Morgan fingerprint density at radius 2 is 2.30 bits per heavy atom. The molecule has 1 heterocycles. The van der Waals surface area contributed by atoms with Crippen LogP contribution < -0.4 is 0 Å². The molecule has 0 amide bonds. The molecule has 0 aliphatic carbocycles. The van der Waals surface area contributed by atoms with Gasteiger partial charge in [-0.25, -0.2) is 3.11 Å². The van der Waals surface area contributed by atoms with Crippen LogP contribution in [0.5, 0.6) is 0 Å². The van der Waals surface area contributed by atoms with Gasteiger partial charge in [0.2, 0.25) is 0 Å². The van der Waals surface area contributed by atoms with Crippen LogP contribution in [0.3, 0.4) is 0 Å². The molecule has 0 aromatic rings. The Morgan fingerprint density at radius 3 is 2.70 bits per heavy atom. The third-order valence-corrected chi connectivity index (χ3v) is 3.06. The minimum atomic E-state index is 0.203. The average molecular weight is 253 g/mol. The normalized spacial score (nSPS) is 28.4. The van der Waals surface area contributed by atoms with Crippen molar-refractivity contribution in [3.63, 3.8) is 0 Å². The predicted octanol–water partition coefficient (Wildman–Crippen LogP) is 1.78. The Balaban J connectivity index is 2.47. The number of carbonyl (C=O) groups excluding carboxylic acids is 1. The molecule has 0 spiro atoms. The molecule has 0 saturated carbocycles. The first-order valence-corrected chi connectivity index (χ1v) is 4.61. The molecule has 0 N–H and O–H groups in total. The molecule has 1 fully saturated rings. The maximum Gasteiger partial charge on any atom is 0.147 e. The van der Waals surface area contributed by atoms with Crippen LogP contribution >= 0.6 is 22.9 Å². The number of hydrogen-bond acceptors (Lipinski definition) is 2. The van der Waals surface area contributed by atoms with Crippen molar-refractivity contribution in [1.82, 2.24) is 3.11 Å². The highest BCUT2D eigenvalue weighted by molar-refractivity contribution is 14.1. The monoisotopic (exact) mass is 253 g/mol. The fourth-order valence-corrected chi connectivity index (χ4v) is 2.31. The fraction of sp³-hybridized carbons (Fsp3) is 0.857. The maximum atomic E-state index is 11.0. The largest absolute Gasteiger partial charge is 0.298 e. The van der Waals surface area contributed by atoms with Gasteiger partial charge in [0.25, 0.3) is 0 Å². The molecule has 1 saturated heterocycles. The van der Waals surface area contributed by atoms with E-state index in [4.69, 9.17) is 0 Å². The first-order valence-electron chi connectivity index (χ1n) is 3.64. The molecule has 0 bridgehead atoms. The summed E-state index contributed by atoms with van der Waals surface area (Å²) in [5, 5.41) is 0. The molecule has 1 unspecified atom stereocenters. The van der Waals surface area contributed by atoms with Crippen molar-refractivity contribution in [3.05, 3.63) is 0 Å². The minimum Gasteiger partial charge on any atom is -0.298 e. The van der Waals surface area contributed by atoms with E-state index >= 15 is 0 Å². The number of ketones is 1. The van der Waals surface area contributed by atoms with Crippen molar-refractivity contribution >= 4 is 28.6 Å². The summed E-state index contributed by atoms with van der Waals surface area (Å²) in [7, 11) is 0. The smallest absolute Gasteiger partial charge is 0.147 e. The molecule has 0 radical (unpaired) electrons. The van der Waals surface area contributed by atoms with Gasteiger partial charge < -0.3 is 0 Å². The fourth-order valence-electron chi connectivity index (χ4n) is 1.30. The minimum absolute atomic E-state index is 0.203. The Morgan fingerprint density at radius 1 is 1.60 bits per heavy atom.